The Hall–Kier alpha value is -0.910. The molecule has 0 aliphatic rings. The molecule has 1 aromatic rings. The summed E-state index contributed by atoms with van der Waals surface area (Å²) in [5.41, 5.74) is 1.09. The highest BCUT2D eigenvalue weighted by Crippen LogP contribution is 2.12. The van der Waals surface area contributed by atoms with Crippen molar-refractivity contribution in [3.63, 3.8) is 0 Å². The van der Waals surface area contributed by atoms with Gasteiger partial charge in [0.1, 0.15) is 0 Å². The van der Waals surface area contributed by atoms with Gasteiger partial charge in [-0.3, -0.25) is 0 Å². The van der Waals surface area contributed by atoms with Crippen LogP contribution >= 0.6 is 0 Å². The largest absolute Gasteiger partial charge is 0.313 e. The molecule has 2 N–H and O–H groups in total. The van der Waals surface area contributed by atoms with Crippen molar-refractivity contribution in [3.05, 3.63) is 29.8 Å². The number of sulfonamides is 1. The van der Waals surface area contributed by atoms with Gasteiger partial charge in [-0.15, -0.1) is 0 Å². The van der Waals surface area contributed by atoms with Gasteiger partial charge in [-0.1, -0.05) is 32.9 Å². The molecule has 0 radical (unpaired) electrons. The molecule has 0 aromatic heterocycles. The maximum absolute atomic E-state index is 12.2. The fraction of sp³-hybridized carbons (Fsp3) is 0.571. The van der Waals surface area contributed by atoms with Crippen molar-refractivity contribution in [2.24, 2.45) is 0 Å². The van der Waals surface area contributed by atoms with Crippen LogP contribution in [-0.4, -0.2) is 21.0 Å². The highest BCUT2D eigenvalue weighted by atomic mass is 32.2. The van der Waals surface area contributed by atoms with Gasteiger partial charge in [0.05, 0.1) is 4.90 Å². The first kappa shape index (κ1) is 16.1. The molecule has 0 fully saturated rings. The van der Waals surface area contributed by atoms with Gasteiger partial charge in [0.2, 0.25) is 10.0 Å². The first-order valence-electron chi connectivity index (χ1n) is 6.85. The van der Waals surface area contributed by atoms with E-state index in [1.165, 1.54) is 0 Å². The van der Waals surface area contributed by atoms with Crippen LogP contribution in [0.3, 0.4) is 0 Å². The number of hydrogen-bond donors (Lipinski definition) is 2. The molecule has 0 unspecified atom stereocenters. The van der Waals surface area contributed by atoms with Crippen LogP contribution in [0.2, 0.25) is 0 Å². The topological polar surface area (TPSA) is 58.2 Å². The molecule has 19 heavy (non-hydrogen) atoms. The van der Waals surface area contributed by atoms with Gasteiger partial charge in [0.15, 0.2) is 0 Å². The first-order valence-corrected chi connectivity index (χ1v) is 8.33. The lowest BCUT2D eigenvalue weighted by molar-refractivity contribution is 0.530. The Balaban J connectivity index is 2.78. The zero-order valence-corrected chi connectivity index (χ0v) is 12.8. The van der Waals surface area contributed by atoms with Crippen molar-refractivity contribution in [1.29, 1.82) is 0 Å². The van der Waals surface area contributed by atoms with Crippen LogP contribution < -0.4 is 10.0 Å². The number of benzene rings is 1. The van der Waals surface area contributed by atoms with Crippen LogP contribution in [0.25, 0.3) is 0 Å². The maximum atomic E-state index is 12.2. The molecule has 0 atom stereocenters. The summed E-state index contributed by atoms with van der Waals surface area (Å²) < 4.78 is 27.0. The van der Waals surface area contributed by atoms with Crippen LogP contribution in [-0.2, 0) is 16.6 Å². The summed E-state index contributed by atoms with van der Waals surface area (Å²) in [6.45, 7) is 7.66. The van der Waals surface area contributed by atoms with Crippen molar-refractivity contribution in [3.8, 4) is 0 Å². The minimum Gasteiger partial charge on any atom is -0.313 e. The third kappa shape index (κ3) is 4.93. The van der Waals surface area contributed by atoms with Crippen LogP contribution in [0.1, 0.15) is 39.2 Å². The number of nitrogens with one attached hydrogen (secondary N) is 2. The Bertz CT molecular complexity index is 465. The van der Waals surface area contributed by atoms with Gasteiger partial charge >= 0.3 is 0 Å². The lowest BCUT2D eigenvalue weighted by Gasteiger charge is -2.15. The van der Waals surface area contributed by atoms with E-state index in [1.807, 2.05) is 32.9 Å². The lowest BCUT2D eigenvalue weighted by atomic mass is 10.2. The van der Waals surface area contributed by atoms with Crippen LogP contribution in [0.4, 0.5) is 0 Å². The average Bonchev–Trinajstić information content (AvgIpc) is 2.43. The van der Waals surface area contributed by atoms with Crippen LogP contribution in [0, 0.1) is 0 Å². The first-order chi connectivity index (χ1) is 9.03. The summed E-state index contributed by atoms with van der Waals surface area (Å²) in [6.07, 6.45) is 1.60. The lowest BCUT2D eigenvalue weighted by Crippen LogP contribution is -2.33. The van der Waals surface area contributed by atoms with E-state index in [0.29, 0.717) is 4.90 Å². The number of rotatable bonds is 8. The highest BCUT2D eigenvalue weighted by Gasteiger charge is 2.17. The van der Waals surface area contributed by atoms with E-state index in [-0.39, 0.29) is 6.04 Å². The smallest absolute Gasteiger partial charge is 0.240 e. The molecule has 0 heterocycles. The minimum atomic E-state index is -3.39. The maximum Gasteiger partial charge on any atom is 0.240 e. The summed E-state index contributed by atoms with van der Waals surface area (Å²) in [5, 5.41) is 3.21. The predicted octanol–water partition coefficient (Wildman–Crippen LogP) is 2.26. The van der Waals surface area contributed by atoms with Gasteiger partial charge in [0.25, 0.3) is 0 Å². The Morgan fingerprint density at radius 3 is 2.11 bits per heavy atom. The molecule has 0 bridgehead atoms. The summed E-state index contributed by atoms with van der Waals surface area (Å²) in [7, 11) is -3.39. The summed E-state index contributed by atoms with van der Waals surface area (Å²) in [6, 6.07) is 7.04. The fourth-order valence-corrected chi connectivity index (χ4v) is 3.20. The van der Waals surface area contributed by atoms with Crippen molar-refractivity contribution >= 4 is 10.0 Å². The molecule has 0 saturated heterocycles. The Kier molecular flexibility index (Phi) is 6.48. The van der Waals surface area contributed by atoms with E-state index in [4.69, 9.17) is 0 Å². The second-order valence-corrected chi connectivity index (χ2v) is 6.27. The SMILES string of the molecule is CCNCc1ccc(S(=O)(=O)NC(CC)CC)cc1. The molecule has 0 amide bonds. The predicted molar refractivity (Wildman–Crippen MR) is 78.5 cm³/mol. The van der Waals surface area contributed by atoms with Crippen LogP contribution in [0.5, 0.6) is 0 Å². The molecular formula is C14H24N2O2S. The Labute approximate surface area is 116 Å². The van der Waals surface area contributed by atoms with E-state index >= 15 is 0 Å². The zero-order chi connectivity index (χ0) is 14.3. The molecule has 1 rings (SSSR count). The molecule has 108 valence electrons. The quantitative estimate of drug-likeness (QED) is 0.770. The summed E-state index contributed by atoms with van der Waals surface area (Å²) in [4.78, 5) is 0.333. The Morgan fingerprint density at radius 2 is 1.63 bits per heavy atom. The summed E-state index contributed by atoms with van der Waals surface area (Å²) in [5.74, 6) is 0. The fourth-order valence-electron chi connectivity index (χ4n) is 1.80. The zero-order valence-electron chi connectivity index (χ0n) is 11.9. The van der Waals surface area contributed by atoms with Gasteiger partial charge in [0, 0.05) is 12.6 Å². The molecule has 1 aromatic carbocycles. The third-order valence-corrected chi connectivity index (χ3v) is 4.66. The third-order valence-electron chi connectivity index (χ3n) is 3.12. The van der Waals surface area contributed by atoms with Gasteiger partial charge < -0.3 is 5.32 Å². The van der Waals surface area contributed by atoms with Gasteiger partial charge in [-0.05, 0) is 37.1 Å². The standard InChI is InChI=1S/C14H24N2O2S/c1-4-13(5-2)16-19(17,18)14-9-7-12(8-10-14)11-15-6-3/h7-10,13,15-16H,4-6,11H2,1-3H3. The second-order valence-electron chi connectivity index (χ2n) is 4.56. The van der Waals surface area contributed by atoms with Crippen molar-refractivity contribution in [1.82, 2.24) is 10.0 Å². The van der Waals surface area contributed by atoms with Gasteiger partial charge in [-0.2, -0.15) is 0 Å². The number of hydrogen-bond acceptors (Lipinski definition) is 3. The molecule has 0 saturated carbocycles. The second kappa shape index (κ2) is 7.62. The molecule has 0 aliphatic carbocycles. The minimum absolute atomic E-state index is 0.00596. The molecular weight excluding hydrogens is 260 g/mol. The molecule has 5 heteroatoms. The monoisotopic (exact) mass is 284 g/mol. The normalized spacial score (nSPS) is 12.0. The van der Waals surface area contributed by atoms with Crippen molar-refractivity contribution in [2.45, 2.75) is 51.1 Å². The van der Waals surface area contributed by atoms with Crippen molar-refractivity contribution < 1.29 is 8.42 Å². The van der Waals surface area contributed by atoms with E-state index in [2.05, 4.69) is 10.0 Å². The molecule has 0 aliphatic heterocycles. The van der Waals surface area contributed by atoms with E-state index in [0.717, 1.165) is 31.5 Å². The molecule has 0 spiro atoms. The van der Waals surface area contributed by atoms with Crippen LogP contribution in [0.15, 0.2) is 29.2 Å². The summed E-state index contributed by atoms with van der Waals surface area (Å²) >= 11 is 0. The molecule has 4 nitrogen and oxygen atoms in total. The average molecular weight is 284 g/mol. The van der Waals surface area contributed by atoms with E-state index < -0.39 is 10.0 Å². The van der Waals surface area contributed by atoms with E-state index in [1.54, 1.807) is 12.1 Å². The Morgan fingerprint density at radius 1 is 1.05 bits per heavy atom. The van der Waals surface area contributed by atoms with Crippen molar-refractivity contribution in [2.75, 3.05) is 6.54 Å². The van der Waals surface area contributed by atoms with Gasteiger partial charge in [-0.25, -0.2) is 13.1 Å². The highest BCUT2D eigenvalue weighted by molar-refractivity contribution is 7.89. The van der Waals surface area contributed by atoms with E-state index in [9.17, 15) is 8.42 Å².